The number of halogens is 1. The molecule has 0 saturated heterocycles. The number of aromatic nitrogens is 1. The number of rotatable bonds is 2. The minimum absolute atomic E-state index is 0.0720. The van der Waals surface area contributed by atoms with E-state index in [0.717, 1.165) is 0 Å². The molecule has 1 heterocycles. The van der Waals surface area contributed by atoms with E-state index in [-0.39, 0.29) is 11.5 Å². The van der Waals surface area contributed by atoms with Gasteiger partial charge in [0.1, 0.15) is 0 Å². The highest BCUT2D eigenvalue weighted by atomic mass is 35.5. The van der Waals surface area contributed by atoms with Gasteiger partial charge in [0.05, 0.1) is 12.1 Å². The summed E-state index contributed by atoms with van der Waals surface area (Å²) in [4.78, 5) is 14.2. The van der Waals surface area contributed by atoms with Gasteiger partial charge >= 0.3 is 0 Å². The molecule has 4 nitrogen and oxygen atoms in total. The molecule has 16 heavy (non-hydrogen) atoms. The maximum Gasteiger partial charge on any atom is 0.294 e. The number of hydrogen-bond acceptors (Lipinski definition) is 3. The van der Waals surface area contributed by atoms with Crippen LogP contribution in [0.4, 0.5) is 0 Å². The molecule has 1 aromatic heterocycles. The smallest absolute Gasteiger partial charge is 0.294 e. The van der Waals surface area contributed by atoms with Crippen LogP contribution in [-0.2, 0) is 0 Å². The normalized spacial score (nSPS) is 10.6. The van der Waals surface area contributed by atoms with E-state index < -0.39 is 5.56 Å². The van der Waals surface area contributed by atoms with Gasteiger partial charge in [-0.25, -0.2) is 0 Å². The lowest BCUT2D eigenvalue weighted by Gasteiger charge is -2.07. The Bertz CT molecular complexity index is 592. The summed E-state index contributed by atoms with van der Waals surface area (Å²) in [6.07, 6.45) is 0. The fourth-order valence-electron chi connectivity index (χ4n) is 1.51. The number of aromatic hydroxyl groups is 1. The summed E-state index contributed by atoms with van der Waals surface area (Å²) in [6, 6.07) is 4.85. The lowest BCUT2D eigenvalue weighted by atomic mass is 10.2. The minimum atomic E-state index is -0.450. The third kappa shape index (κ3) is 1.72. The van der Waals surface area contributed by atoms with E-state index in [1.54, 1.807) is 25.1 Å². The highest BCUT2D eigenvalue weighted by Crippen LogP contribution is 2.31. The SMILES string of the molecule is CCOc1c(O)c2cc(Cl)ccc2[nH]c1=O. The van der Waals surface area contributed by atoms with Crippen molar-refractivity contribution in [3.63, 3.8) is 0 Å². The first-order valence-corrected chi connectivity index (χ1v) is 5.18. The van der Waals surface area contributed by atoms with Crippen molar-refractivity contribution in [1.82, 2.24) is 4.98 Å². The molecule has 0 unspecified atom stereocenters. The average molecular weight is 240 g/mol. The Kier molecular flexibility index (Phi) is 2.75. The predicted molar refractivity (Wildman–Crippen MR) is 62.4 cm³/mol. The average Bonchev–Trinajstić information content (AvgIpc) is 2.26. The zero-order chi connectivity index (χ0) is 11.7. The summed E-state index contributed by atoms with van der Waals surface area (Å²) in [6.45, 7) is 2.05. The molecule has 0 spiro atoms. The van der Waals surface area contributed by atoms with Crippen LogP contribution in [0.1, 0.15) is 6.92 Å². The molecule has 0 fully saturated rings. The first-order chi connectivity index (χ1) is 7.63. The Morgan fingerprint density at radius 3 is 2.94 bits per heavy atom. The minimum Gasteiger partial charge on any atom is -0.504 e. The van der Waals surface area contributed by atoms with Gasteiger partial charge in [-0.3, -0.25) is 4.79 Å². The molecule has 0 saturated carbocycles. The van der Waals surface area contributed by atoms with Crippen molar-refractivity contribution in [2.24, 2.45) is 0 Å². The second kappa shape index (κ2) is 4.06. The zero-order valence-electron chi connectivity index (χ0n) is 8.58. The molecule has 0 radical (unpaired) electrons. The number of fused-ring (bicyclic) bond motifs is 1. The van der Waals surface area contributed by atoms with Crippen LogP contribution in [0.2, 0.25) is 5.02 Å². The first-order valence-electron chi connectivity index (χ1n) is 4.80. The fraction of sp³-hybridized carbons (Fsp3) is 0.182. The van der Waals surface area contributed by atoms with Crippen molar-refractivity contribution in [3.8, 4) is 11.5 Å². The van der Waals surface area contributed by atoms with Crippen LogP contribution in [0.3, 0.4) is 0 Å². The predicted octanol–water partition coefficient (Wildman–Crippen LogP) is 2.29. The molecular formula is C11H10ClNO3. The van der Waals surface area contributed by atoms with E-state index in [4.69, 9.17) is 16.3 Å². The molecule has 1 aromatic carbocycles. The van der Waals surface area contributed by atoms with Crippen LogP contribution in [0, 0.1) is 0 Å². The topological polar surface area (TPSA) is 62.3 Å². The second-order valence-corrected chi connectivity index (χ2v) is 3.69. The maximum absolute atomic E-state index is 11.6. The Labute approximate surface area is 96.4 Å². The van der Waals surface area contributed by atoms with Crippen molar-refractivity contribution < 1.29 is 9.84 Å². The Hall–Kier alpha value is -1.68. The van der Waals surface area contributed by atoms with Gasteiger partial charge < -0.3 is 14.8 Å². The van der Waals surface area contributed by atoms with Gasteiger partial charge in [0.15, 0.2) is 5.75 Å². The van der Waals surface area contributed by atoms with E-state index in [1.165, 1.54) is 0 Å². The third-order valence-corrected chi connectivity index (χ3v) is 2.43. The van der Waals surface area contributed by atoms with Crippen LogP contribution in [0.25, 0.3) is 10.9 Å². The van der Waals surface area contributed by atoms with Crippen LogP contribution >= 0.6 is 11.6 Å². The summed E-state index contributed by atoms with van der Waals surface area (Å²) >= 11 is 5.82. The summed E-state index contributed by atoms with van der Waals surface area (Å²) in [5.41, 5.74) is 0.0736. The van der Waals surface area contributed by atoms with Gasteiger partial charge in [-0.2, -0.15) is 0 Å². The Morgan fingerprint density at radius 1 is 1.50 bits per heavy atom. The molecule has 2 N–H and O–H groups in total. The molecule has 0 aliphatic rings. The molecule has 2 aromatic rings. The molecule has 0 aliphatic heterocycles. The largest absolute Gasteiger partial charge is 0.504 e. The lowest BCUT2D eigenvalue weighted by Crippen LogP contribution is -2.11. The molecule has 5 heteroatoms. The van der Waals surface area contributed by atoms with Crippen LogP contribution in [-0.4, -0.2) is 16.7 Å². The second-order valence-electron chi connectivity index (χ2n) is 3.25. The summed E-state index contributed by atoms with van der Waals surface area (Å²) in [5.74, 6) is -0.250. The van der Waals surface area contributed by atoms with Crippen molar-refractivity contribution >= 4 is 22.5 Å². The van der Waals surface area contributed by atoms with E-state index in [0.29, 0.717) is 22.5 Å². The van der Waals surface area contributed by atoms with Crippen molar-refractivity contribution in [1.29, 1.82) is 0 Å². The van der Waals surface area contributed by atoms with Gasteiger partial charge in [0.2, 0.25) is 5.75 Å². The fourth-order valence-corrected chi connectivity index (χ4v) is 1.68. The van der Waals surface area contributed by atoms with Crippen molar-refractivity contribution in [3.05, 3.63) is 33.6 Å². The van der Waals surface area contributed by atoms with Gasteiger partial charge in [-0.1, -0.05) is 11.6 Å². The van der Waals surface area contributed by atoms with Gasteiger partial charge in [0.25, 0.3) is 5.56 Å². The molecule has 0 atom stereocenters. The third-order valence-electron chi connectivity index (χ3n) is 2.19. The molecular weight excluding hydrogens is 230 g/mol. The summed E-state index contributed by atoms with van der Waals surface area (Å²) in [5, 5.41) is 10.8. The van der Waals surface area contributed by atoms with Crippen LogP contribution in [0.5, 0.6) is 11.5 Å². The highest BCUT2D eigenvalue weighted by Gasteiger charge is 2.12. The quantitative estimate of drug-likeness (QED) is 0.845. The number of hydrogen-bond donors (Lipinski definition) is 2. The molecule has 0 amide bonds. The monoisotopic (exact) mass is 239 g/mol. The van der Waals surface area contributed by atoms with E-state index in [9.17, 15) is 9.90 Å². The number of ether oxygens (including phenoxy) is 1. The zero-order valence-corrected chi connectivity index (χ0v) is 9.34. The maximum atomic E-state index is 11.6. The molecule has 0 aliphatic carbocycles. The molecule has 0 bridgehead atoms. The highest BCUT2D eigenvalue weighted by molar-refractivity contribution is 6.31. The lowest BCUT2D eigenvalue weighted by molar-refractivity contribution is 0.315. The molecule has 84 valence electrons. The van der Waals surface area contributed by atoms with E-state index in [2.05, 4.69) is 4.98 Å². The van der Waals surface area contributed by atoms with Crippen molar-refractivity contribution in [2.45, 2.75) is 6.92 Å². The Balaban J connectivity index is 2.79. The first kappa shape index (κ1) is 10.8. The van der Waals surface area contributed by atoms with E-state index in [1.807, 2.05) is 0 Å². The van der Waals surface area contributed by atoms with Crippen LogP contribution in [0.15, 0.2) is 23.0 Å². The standard InChI is InChI=1S/C11H10ClNO3/c1-2-16-10-9(14)7-5-6(12)3-4-8(7)13-11(10)15/h3-5H,2H2,1H3,(H2,13,14,15). The van der Waals surface area contributed by atoms with E-state index >= 15 is 0 Å². The number of H-pyrrole nitrogens is 1. The van der Waals surface area contributed by atoms with Gasteiger partial charge in [-0.05, 0) is 25.1 Å². The van der Waals surface area contributed by atoms with Crippen molar-refractivity contribution in [2.75, 3.05) is 6.61 Å². The number of nitrogens with one attached hydrogen (secondary N) is 1. The number of pyridine rings is 1. The Morgan fingerprint density at radius 2 is 2.25 bits per heavy atom. The molecule has 2 rings (SSSR count). The van der Waals surface area contributed by atoms with Gasteiger partial charge in [0, 0.05) is 10.4 Å². The summed E-state index contributed by atoms with van der Waals surface area (Å²) < 4.78 is 5.08. The number of benzene rings is 1. The number of aromatic amines is 1. The van der Waals surface area contributed by atoms with Gasteiger partial charge in [-0.15, -0.1) is 0 Å². The van der Waals surface area contributed by atoms with Crippen LogP contribution < -0.4 is 10.3 Å². The summed E-state index contributed by atoms with van der Waals surface area (Å²) in [7, 11) is 0.